The number of carbonyl (C=O) groups excluding carboxylic acids is 3. The largest absolute Gasteiger partial charge is 0.394 e. The minimum Gasteiger partial charge on any atom is -0.394 e. The number of piperidine rings is 2. The number of morpholine rings is 1. The highest BCUT2D eigenvalue weighted by Crippen LogP contribution is 2.36. The highest BCUT2D eigenvalue weighted by Gasteiger charge is 2.34. The number of likely N-dealkylation sites (tertiary alicyclic amines) is 1. The fraction of sp³-hybridized carbons (Fsp3) is 0.523. The quantitative estimate of drug-likeness (QED) is 0.129. The number of hydrogen-bond donors (Lipinski definition) is 3. The van der Waals surface area contributed by atoms with Crippen molar-refractivity contribution in [2.45, 2.75) is 81.7 Å². The standard InChI is InChI=1S/C44H50F3N11O6/c1-54-40-27(4-2-6-30(40)38(52-54)31-11-12-37(60)51-43(31)61)5-3-18-64-35-13-15-55(23-33(35)45)21-26-7-9-28(10-8-26)58-24-34(39(53-58)41(46)47)49-44(62)32-20-48-57-16-14-36(50-42(32)57)56-17-19-63-29(22-56)25-59/h2,4,6,14,16,20,24,26,28-29,31,33,35,41,59H,7-13,15,17-19,21-23,25H2,1H3,(H,49,62)(H,51,60,61)/t26?,28?,29-,31?,33+,35-/m1/s1. The number of aryl methyl sites for hydroxylation is 1. The average molecular weight is 886 g/mol. The van der Waals surface area contributed by atoms with Crippen LogP contribution in [0.15, 0.2) is 42.9 Å². The second-order valence-electron chi connectivity index (χ2n) is 17.0. The van der Waals surface area contributed by atoms with Crippen molar-refractivity contribution < 1.29 is 42.1 Å². The van der Waals surface area contributed by atoms with Crippen molar-refractivity contribution in [3.8, 4) is 11.8 Å². The van der Waals surface area contributed by atoms with Crippen LogP contribution in [0.5, 0.6) is 0 Å². The number of aromatic nitrogens is 7. The Labute approximate surface area is 366 Å². The molecule has 1 saturated carbocycles. The lowest BCUT2D eigenvalue weighted by Crippen LogP contribution is -2.47. The third kappa shape index (κ3) is 9.07. The van der Waals surface area contributed by atoms with E-state index in [-0.39, 0.29) is 67.0 Å². The molecule has 0 radical (unpaired) electrons. The van der Waals surface area contributed by atoms with Crippen LogP contribution in [0.4, 0.5) is 24.7 Å². The lowest BCUT2D eigenvalue weighted by atomic mass is 9.85. The molecule has 0 bridgehead atoms. The van der Waals surface area contributed by atoms with Gasteiger partial charge in [0.2, 0.25) is 11.8 Å². The second kappa shape index (κ2) is 18.7. The van der Waals surface area contributed by atoms with Crippen molar-refractivity contribution in [3.63, 3.8) is 0 Å². The van der Waals surface area contributed by atoms with E-state index in [2.05, 4.69) is 47.7 Å². The predicted molar refractivity (Wildman–Crippen MR) is 227 cm³/mol. The average Bonchev–Trinajstić information content (AvgIpc) is 4.01. The van der Waals surface area contributed by atoms with Gasteiger partial charge in [-0.25, -0.2) is 22.7 Å². The Bertz CT molecular complexity index is 2590. The predicted octanol–water partition coefficient (Wildman–Crippen LogP) is 3.93. The first kappa shape index (κ1) is 43.4. The van der Waals surface area contributed by atoms with Gasteiger partial charge in [-0.2, -0.15) is 15.3 Å². The molecule has 338 valence electrons. The molecule has 64 heavy (non-hydrogen) atoms. The number of amides is 3. The van der Waals surface area contributed by atoms with Crippen LogP contribution >= 0.6 is 0 Å². The Morgan fingerprint density at radius 1 is 1.09 bits per heavy atom. The molecule has 20 heteroatoms. The first-order chi connectivity index (χ1) is 31.0. The van der Waals surface area contributed by atoms with Gasteiger partial charge >= 0.3 is 0 Å². The van der Waals surface area contributed by atoms with E-state index >= 15 is 4.39 Å². The van der Waals surface area contributed by atoms with E-state index in [9.17, 15) is 28.3 Å². The number of benzene rings is 1. The molecule has 1 aromatic carbocycles. The Morgan fingerprint density at radius 2 is 1.94 bits per heavy atom. The number of imide groups is 1. The number of aliphatic hydroxyl groups excluding tert-OH is 1. The molecule has 5 aromatic rings. The van der Waals surface area contributed by atoms with Crippen LogP contribution in [0.2, 0.25) is 0 Å². The normalized spacial score (nSPS) is 24.6. The molecule has 1 aliphatic carbocycles. The summed E-state index contributed by atoms with van der Waals surface area (Å²) in [6, 6.07) is 7.22. The number of carbonyl (C=O) groups is 3. The fourth-order valence-electron chi connectivity index (χ4n) is 9.49. The summed E-state index contributed by atoms with van der Waals surface area (Å²) in [6.45, 7) is 2.95. The van der Waals surface area contributed by atoms with Crippen molar-refractivity contribution in [2.75, 3.05) is 62.8 Å². The zero-order valence-corrected chi connectivity index (χ0v) is 35.3. The molecule has 3 aliphatic heterocycles. The maximum Gasteiger partial charge on any atom is 0.284 e. The lowest BCUT2D eigenvalue weighted by molar-refractivity contribution is -0.134. The van der Waals surface area contributed by atoms with Gasteiger partial charge < -0.3 is 24.8 Å². The number of nitrogens with zero attached hydrogens (tertiary/aromatic N) is 9. The number of hydrogen-bond acceptors (Lipinski definition) is 12. The Hall–Kier alpha value is -5.88. The van der Waals surface area contributed by atoms with Crippen LogP contribution in [0, 0.1) is 17.8 Å². The maximum absolute atomic E-state index is 15.5. The van der Waals surface area contributed by atoms with Gasteiger partial charge in [0.15, 0.2) is 11.3 Å². The number of halogens is 3. The van der Waals surface area contributed by atoms with Gasteiger partial charge in [-0.1, -0.05) is 24.0 Å². The number of alkyl halides is 3. The highest BCUT2D eigenvalue weighted by molar-refractivity contribution is 6.08. The molecule has 4 atom stereocenters. The summed E-state index contributed by atoms with van der Waals surface area (Å²) in [5.41, 5.74) is 1.87. The minimum absolute atomic E-state index is 0.0522. The summed E-state index contributed by atoms with van der Waals surface area (Å²) in [7, 11) is 1.79. The van der Waals surface area contributed by atoms with E-state index < -0.39 is 36.2 Å². The molecule has 3 N–H and O–H groups in total. The van der Waals surface area contributed by atoms with Crippen LogP contribution in [0.1, 0.15) is 90.6 Å². The van der Waals surface area contributed by atoms with Crippen molar-refractivity contribution in [3.05, 3.63) is 65.4 Å². The minimum atomic E-state index is -2.92. The number of para-hydroxylation sites is 1. The Kier molecular flexibility index (Phi) is 12.7. The van der Waals surface area contributed by atoms with E-state index in [0.717, 1.165) is 30.3 Å². The number of nitrogens with one attached hydrogen (secondary N) is 2. The topological polar surface area (TPSA) is 186 Å². The zero-order valence-electron chi connectivity index (χ0n) is 35.3. The maximum atomic E-state index is 15.5. The fourth-order valence-corrected chi connectivity index (χ4v) is 9.49. The molecule has 17 nitrogen and oxygen atoms in total. The third-order valence-electron chi connectivity index (χ3n) is 12.8. The van der Waals surface area contributed by atoms with E-state index in [1.54, 1.807) is 24.0 Å². The Morgan fingerprint density at radius 3 is 2.72 bits per heavy atom. The van der Waals surface area contributed by atoms with Crippen LogP contribution in [0.25, 0.3) is 16.6 Å². The van der Waals surface area contributed by atoms with Crippen molar-refractivity contribution in [1.29, 1.82) is 0 Å². The number of ether oxygens (including phenoxy) is 2. The molecular weight excluding hydrogens is 836 g/mol. The number of rotatable bonds is 11. The van der Waals surface area contributed by atoms with E-state index in [1.807, 2.05) is 23.1 Å². The van der Waals surface area contributed by atoms with Gasteiger partial charge in [-0.15, -0.1) is 0 Å². The number of anilines is 2. The molecule has 3 saturated heterocycles. The summed E-state index contributed by atoms with van der Waals surface area (Å²) >= 11 is 0. The molecular formula is C44H50F3N11O6. The van der Waals surface area contributed by atoms with Crippen molar-refractivity contribution in [1.82, 2.24) is 44.4 Å². The van der Waals surface area contributed by atoms with Gasteiger partial charge in [-0.3, -0.25) is 34.0 Å². The second-order valence-corrected chi connectivity index (χ2v) is 17.0. The van der Waals surface area contributed by atoms with Crippen molar-refractivity contribution in [2.24, 2.45) is 13.0 Å². The van der Waals surface area contributed by atoms with E-state index in [4.69, 9.17) is 9.47 Å². The summed E-state index contributed by atoms with van der Waals surface area (Å²) in [5, 5.41) is 28.5. The number of fused-ring (bicyclic) bond motifs is 2. The van der Waals surface area contributed by atoms with E-state index in [0.29, 0.717) is 74.9 Å². The molecule has 0 spiro atoms. The molecule has 4 aromatic heterocycles. The lowest BCUT2D eigenvalue weighted by Gasteiger charge is -2.38. The zero-order chi connectivity index (χ0) is 44.5. The van der Waals surface area contributed by atoms with Gasteiger partial charge in [0.05, 0.1) is 66.0 Å². The van der Waals surface area contributed by atoms with Crippen LogP contribution in [0.3, 0.4) is 0 Å². The molecule has 7 heterocycles. The molecule has 9 rings (SSSR count). The molecule has 4 fully saturated rings. The van der Waals surface area contributed by atoms with Crippen LogP contribution < -0.4 is 15.5 Å². The first-order valence-electron chi connectivity index (χ1n) is 21.8. The number of aliphatic hydroxyl groups is 1. The van der Waals surface area contributed by atoms with Crippen LogP contribution in [-0.2, 0) is 26.1 Å². The van der Waals surface area contributed by atoms with Gasteiger partial charge in [0.25, 0.3) is 12.3 Å². The summed E-state index contributed by atoms with van der Waals surface area (Å²) in [6.07, 6.45) is 3.64. The summed E-state index contributed by atoms with van der Waals surface area (Å²) in [4.78, 5) is 46.5. The highest BCUT2D eigenvalue weighted by atomic mass is 19.3. The third-order valence-corrected chi connectivity index (χ3v) is 12.8. The molecule has 3 amide bonds. The van der Waals surface area contributed by atoms with Crippen molar-refractivity contribution >= 4 is 45.8 Å². The molecule has 1 unspecified atom stereocenters. The van der Waals surface area contributed by atoms with Gasteiger partial charge in [-0.05, 0) is 56.6 Å². The first-order valence-corrected chi connectivity index (χ1v) is 21.8. The smallest absolute Gasteiger partial charge is 0.284 e. The summed E-state index contributed by atoms with van der Waals surface area (Å²) < 4.78 is 60.2. The Balaban J connectivity index is 0.756. The summed E-state index contributed by atoms with van der Waals surface area (Å²) in [5.74, 6) is 5.25. The monoisotopic (exact) mass is 885 g/mol. The molecule has 4 aliphatic rings. The van der Waals surface area contributed by atoms with Gasteiger partial charge in [0.1, 0.15) is 24.2 Å². The van der Waals surface area contributed by atoms with Gasteiger partial charge in [0, 0.05) is 64.0 Å². The van der Waals surface area contributed by atoms with E-state index in [1.165, 1.54) is 21.6 Å². The van der Waals surface area contributed by atoms with Crippen LogP contribution in [-0.4, -0.2) is 133 Å². The SMILES string of the molecule is Cn1nc(C2CCC(=O)NC2=O)c2cccc(C#CCO[C@@H]3CCN(CC4CCC(n5cc(NC(=O)c6cnn7ccc(N8CCO[C@@H](CO)C8)nc67)c(C(F)F)n5)CC4)C[C@@H]3F)c21.